The number of halogens is 1. The molecule has 2 saturated carbocycles. The Kier molecular flexibility index (Phi) is 2.28. The zero-order valence-corrected chi connectivity index (χ0v) is 9.24. The van der Waals surface area contributed by atoms with Crippen LogP contribution in [0.25, 0.3) is 0 Å². The molecule has 15 heavy (non-hydrogen) atoms. The molecule has 1 aromatic rings. The third-order valence-electron chi connectivity index (χ3n) is 3.60. The lowest BCUT2D eigenvalue weighted by Crippen LogP contribution is -2.07. The van der Waals surface area contributed by atoms with E-state index in [1.165, 1.54) is 25.7 Å². The van der Waals surface area contributed by atoms with Crippen molar-refractivity contribution in [2.45, 2.75) is 31.7 Å². The van der Waals surface area contributed by atoms with Crippen molar-refractivity contribution in [1.29, 1.82) is 0 Å². The number of nitrogens with zero attached hydrogens (tertiary/aromatic N) is 2. The van der Waals surface area contributed by atoms with Gasteiger partial charge >= 0.3 is 0 Å². The zero-order chi connectivity index (χ0) is 10.3. The Labute approximate surface area is 94.2 Å². The van der Waals surface area contributed by atoms with Gasteiger partial charge in [0.15, 0.2) is 5.15 Å². The molecule has 2 atom stereocenters. The van der Waals surface area contributed by atoms with Crippen LogP contribution < -0.4 is 5.32 Å². The lowest BCUT2D eigenvalue weighted by Gasteiger charge is -2.04. The molecule has 1 aromatic heterocycles. The number of fused-ring (bicyclic) bond motifs is 1. The Balaban J connectivity index is 1.64. The second-order valence-corrected chi connectivity index (χ2v) is 4.91. The average Bonchev–Trinajstić information content (AvgIpc) is 2.96. The normalized spacial score (nSPS) is 33.3. The first-order valence-corrected chi connectivity index (χ1v) is 5.98. The van der Waals surface area contributed by atoms with E-state index in [1.807, 2.05) is 6.07 Å². The van der Waals surface area contributed by atoms with Gasteiger partial charge in [0.05, 0.1) is 0 Å². The van der Waals surface area contributed by atoms with Gasteiger partial charge in [0.2, 0.25) is 0 Å². The maximum absolute atomic E-state index is 5.68. The molecule has 2 aliphatic rings. The molecule has 0 saturated heterocycles. The number of rotatable bonds is 2. The smallest absolute Gasteiger partial charge is 0.151 e. The molecule has 0 bridgehead atoms. The summed E-state index contributed by atoms with van der Waals surface area (Å²) in [5.41, 5.74) is 0. The molecule has 0 aliphatic heterocycles. The van der Waals surface area contributed by atoms with E-state index in [2.05, 4.69) is 15.5 Å². The lowest BCUT2D eigenvalue weighted by molar-refractivity contribution is 0.480. The van der Waals surface area contributed by atoms with E-state index in [0.717, 1.165) is 17.7 Å². The predicted octanol–water partition coefficient (Wildman–Crippen LogP) is 2.73. The Bertz CT molecular complexity index is 339. The minimum Gasteiger partial charge on any atom is -0.365 e. The van der Waals surface area contributed by atoms with Crippen LogP contribution in [0.15, 0.2) is 12.1 Å². The fourth-order valence-corrected chi connectivity index (χ4v) is 2.87. The van der Waals surface area contributed by atoms with Gasteiger partial charge in [-0.15, -0.1) is 10.2 Å². The highest BCUT2D eigenvalue weighted by Gasteiger charge is 2.50. The molecular formula is C11H14ClN3. The highest BCUT2D eigenvalue weighted by atomic mass is 35.5. The number of aromatic nitrogens is 2. The summed E-state index contributed by atoms with van der Waals surface area (Å²) < 4.78 is 0. The van der Waals surface area contributed by atoms with E-state index in [4.69, 9.17) is 11.6 Å². The first-order valence-electron chi connectivity index (χ1n) is 5.60. The van der Waals surface area contributed by atoms with Crippen molar-refractivity contribution >= 4 is 17.4 Å². The molecule has 0 spiro atoms. The molecule has 80 valence electrons. The van der Waals surface area contributed by atoms with Gasteiger partial charge in [-0.05, 0) is 36.8 Å². The van der Waals surface area contributed by atoms with Crippen LogP contribution in [0.4, 0.5) is 5.82 Å². The van der Waals surface area contributed by atoms with Gasteiger partial charge < -0.3 is 5.32 Å². The topological polar surface area (TPSA) is 37.8 Å². The Morgan fingerprint density at radius 1 is 1.13 bits per heavy atom. The van der Waals surface area contributed by atoms with E-state index in [9.17, 15) is 0 Å². The summed E-state index contributed by atoms with van der Waals surface area (Å²) in [6, 6.07) is 4.32. The van der Waals surface area contributed by atoms with Crippen molar-refractivity contribution in [3.63, 3.8) is 0 Å². The van der Waals surface area contributed by atoms with Crippen molar-refractivity contribution in [1.82, 2.24) is 10.2 Å². The van der Waals surface area contributed by atoms with Gasteiger partial charge in [0.25, 0.3) is 0 Å². The van der Waals surface area contributed by atoms with Crippen molar-refractivity contribution in [3.05, 3.63) is 17.3 Å². The van der Waals surface area contributed by atoms with Gasteiger partial charge in [0, 0.05) is 6.04 Å². The number of anilines is 1. The van der Waals surface area contributed by atoms with E-state index >= 15 is 0 Å². The highest BCUT2D eigenvalue weighted by Crippen LogP contribution is 2.50. The first-order chi connectivity index (χ1) is 7.34. The summed E-state index contributed by atoms with van der Waals surface area (Å²) in [4.78, 5) is 0. The van der Waals surface area contributed by atoms with Crippen LogP contribution in [0, 0.1) is 11.8 Å². The van der Waals surface area contributed by atoms with E-state index in [0.29, 0.717) is 11.2 Å². The molecule has 0 radical (unpaired) electrons. The summed E-state index contributed by atoms with van der Waals surface area (Å²) in [6.45, 7) is 0. The summed E-state index contributed by atoms with van der Waals surface area (Å²) >= 11 is 5.68. The lowest BCUT2D eigenvalue weighted by atomic mass is 10.0. The van der Waals surface area contributed by atoms with Crippen LogP contribution in [0.2, 0.25) is 5.15 Å². The summed E-state index contributed by atoms with van der Waals surface area (Å²) in [6.07, 6.45) is 5.55. The molecule has 2 aliphatic carbocycles. The Morgan fingerprint density at radius 2 is 1.87 bits per heavy atom. The van der Waals surface area contributed by atoms with E-state index in [1.54, 1.807) is 6.07 Å². The molecule has 1 heterocycles. The molecule has 2 unspecified atom stereocenters. The average molecular weight is 224 g/mol. The van der Waals surface area contributed by atoms with Crippen LogP contribution >= 0.6 is 11.6 Å². The van der Waals surface area contributed by atoms with Crippen molar-refractivity contribution < 1.29 is 0 Å². The van der Waals surface area contributed by atoms with Gasteiger partial charge in [-0.1, -0.05) is 24.4 Å². The second-order valence-electron chi connectivity index (χ2n) is 4.52. The van der Waals surface area contributed by atoms with Gasteiger partial charge in [-0.25, -0.2) is 0 Å². The third-order valence-corrected chi connectivity index (χ3v) is 3.80. The third kappa shape index (κ3) is 1.81. The fraction of sp³-hybridized carbons (Fsp3) is 0.636. The number of hydrogen-bond acceptors (Lipinski definition) is 3. The van der Waals surface area contributed by atoms with Crippen LogP contribution in [0.3, 0.4) is 0 Å². The van der Waals surface area contributed by atoms with Gasteiger partial charge in [-0.3, -0.25) is 0 Å². The summed E-state index contributed by atoms with van der Waals surface area (Å²) in [5.74, 6) is 2.63. The van der Waals surface area contributed by atoms with Crippen LogP contribution in [-0.4, -0.2) is 16.2 Å². The highest BCUT2D eigenvalue weighted by molar-refractivity contribution is 6.29. The van der Waals surface area contributed by atoms with Crippen LogP contribution in [0.1, 0.15) is 25.7 Å². The fourth-order valence-electron chi connectivity index (χ4n) is 2.77. The van der Waals surface area contributed by atoms with Crippen molar-refractivity contribution in [3.8, 4) is 0 Å². The van der Waals surface area contributed by atoms with E-state index in [-0.39, 0.29) is 0 Å². The van der Waals surface area contributed by atoms with Crippen molar-refractivity contribution in [2.75, 3.05) is 5.32 Å². The predicted molar refractivity (Wildman–Crippen MR) is 59.9 cm³/mol. The quantitative estimate of drug-likeness (QED) is 0.838. The maximum Gasteiger partial charge on any atom is 0.151 e. The summed E-state index contributed by atoms with van der Waals surface area (Å²) in [7, 11) is 0. The van der Waals surface area contributed by atoms with E-state index < -0.39 is 0 Å². The summed E-state index contributed by atoms with van der Waals surface area (Å²) in [5, 5.41) is 11.8. The Morgan fingerprint density at radius 3 is 2.47 bits per heavy atom. The van der Waals surface area contributed by atoms with Crippen LogP contribution in [0.5, 0.6) is 0 Å². The molecular weight excluding hydrogens is 210 g/mol. The molecule has 3 rings (SSSR count). The number of nitrogens with one attached hydrogen (secondary N) is 1. The molecule has 4 heteroatoms. The molecule has 1 N–H and O–H groups in total. The standard InChI is InChI=1S/C11H14ClN3/c12-9-5-6-10(15-14-9)13-11-7-3-1-2-4-8(7)11/h5-8,11H,1-4H2,(H,13,15). The SMILES string of the molecule is Clc1ccc(NC2C3CCCCC32)nn1. The second kappa shape index (κ2) is 3.63. The van der Waals surface area contributed by atoms with Gasteiger partial charge in [-0.2, -0.15) is 0 Å². The molecule has 2 fully saturated rings. The maximum atomic E-state index is 5.68. The van der Waals surface area contributed by atoms with Gasteiger partial charge in [0.1, 0.15) is 5.82 Å². The monoisotopic (exact) mass is 223 g/mol. The minimum atomic E-state index is 0.453. The Hall–Kier alpha value is -0.830. The molecule has 0 amide bonds. The molecule has 3 nitrogen and oxygen atoms in total. The first kappa shape index (κ1) is 9.40. The van der Waals surface area contributed by atoms with Crippen LogP contribution in [-0.2, 0) is 0 Å². The zero-order valence-electron chi connectivity index (χ0n) is 8.49. The minimum absolute atomic E-state index is 0.453. The largest absolute Gasteiger partial charge is 0.365 e. The number of hydrogen-bond donors (Lipinski definition) is 1. The molecule has 0 aromatic carbocycles. The van der Waals surface area contributed by atoms with Crippen molar-refractivity contribution in [2.24, 2.45) is 11.8 Å².